The molecule has 43 heavy (non-hydrogen) atoms. The number of benzene rings is 4. The van der Waals surface area contributed by atoms with Crippen molar-refractivity contribution in [3.05, 3.63) is 139 Å². The molecule has 0 spiro atoms. The molecule has 4 aromatic carbocycles. The molecule has 0 atom stereocenters. The molecular weight excluding hydrogens is 540 g/mol. The zero-order valence-electron chi connectivity index (χ0n) is 23.8. The summed E-state index contributed by atoms with van der Waals surface area (Å²) in [7, 11) is 0. The quantitative estimate of drug-likeness (QED) is 0.0949. The molecule has 0 N–H and O–H groups in total. The lowest BCUT2D eigenvalue weighted by atomic mass is 9.98. The highest BCUT2D eigenvalue weighted by atomic mass is 16.5. The van der Waals surface area contributed by atoms with E-state index in [1.165, 1.54) is 0 Å². The summed E-state index contributed by atoms with van der Waals surface area (Å²) in [5.41, 5.74) is 5.42. The summed E-state index contributed by atoms with van der Waals surface area (Å²) in [6.45, 7) is 13.8. The van der Waals surface area contributed by atoms with Crippen LogP contribution in [0.25, 0.3) is 22.3 Å². The van der Waals surface area contributed by atoms with Gasteiger partial charge in [-0.05, 0) is 85.1 Å². The lowest BCUT2D eigenvalue weighted by Crippen LogP contribution is -2.07. The summed E-state index contributed by atoms with van der Waals surface area (Å²) in [6, 6.07) is 27.1. The first-order valence-electron chi connectivity index (χ1n) is 13.2. The summed E-state index contributed by atoms with van der Waals surface area (Å²) in [5, 5.41) is 0. The number of hydrogen-bond acceptors (Lipinski definition) is 6. The minimum absolute atomic E-state index is 0.311. The van der Waals surface area contributed by atoms with Crippen molar-refractivity contribution in [2.45, 2.75) is 13.8 Å². The largest absolute Gasteiger partial charge is 0.423 e. The van der Waals surface area contributed by atoms with Gasteiger partial charge in [0, 0.05) is 33.9 Å². The van der Waals surface area contributed by atoms with Gasteiger partial charge >= 0.3 is 17.9 Å². The van der Waals surface area contributed by atoms with E-state index in [4.69, 9.17) is 14.2 Å². The van der Waals surface area contributed by atoms with Gasteiger partial charge in [-0.1, -0.05) is 68.0 Å². The van der Waals surface area contributed by atoms with Crippen molar-refractivity contribution in [1.29, 1.82) is 0 Å². The second kappa shape index (κ2) is 13.6. The van der Waals surface area contributed by atoms with Crippen LogP contribution < -0.4 is 14.2 Å². The molecule has 4 aromatic rings. The highest BCUT2D eigenvalue weighted by Gasteiger charge is 2.12. The van der Waals surface area contributed by atoms with Crippen LogP contribution >= 0.6 is 0 Å². The molecule has 0 aromatic heterocycles. The maximum absolute atomic E-state index is 12.1. The Bertz CT molecular complexity index is 1780. The first-order chi connectivity index (χ1) is 20.6. The second-order valence-corrected chi connectivity index (χ2v) is 9.55. The standard InChI is InChI=1S/C37H28O6/c1-6-35(38)43-34-23-27(8-7-26-9-18-31(19-10-26)41-36(39)24(2)3)11-22-33(34)30-14-12-28(13-15-30)29-16-20-32(21-17-29)42-37(40)25(4)5/h6,9-23H,1-2,4H2,3,5H3. The van der Waals surface area contributed by atoms with Crippen LogP contribution in [0, 0.1) is 11.8 Å². The van der Waals surface area contributed by atoms with E-state index in [0.717, 1.165) is 22.8 Å². The van der Waals surface area contributed by atoms with Crippen LogP contribution in [0.3, 0.4) is 0 Å². The van der Waals surface area contributed by atoms with E-state index in [1.54, 1.807) is 56.3 Å². The molecule has 0 amide bonds. The number of esters is 3. The normalized spacial score (nSPS) is 10.0. The molecule has 0 heterocycles. The highest BCUT2D eigenvalue weighted by molar-refractivity contribution is 5.89. The van der Waals surface area contributed by atoms with E-state index in [1.807, 2.05) is 48.5 Å². The summed E-state index contributed by atoms with van der Waals surface area (Å²) < 4.78 is 16.0. The fraction of sp³-hybridized carbons (Fsp3) is 0.0541. The predicted octanol–water partition coefficient (Wildman–Crippen LogP) is 7.47. The van der Waals surface area contributed by atoms with E-state index < -0.39 is 17.9 Å². The highest BCUT2D eigenvalue weighted by Crippen LogP contribution is 2.33. The maximum Gasteiger partial charge on any atom is 0.338 e. The topological polar surface area (TPSA) is 78.9 Å². The molecule has 0 aliphatic heterocycles. The van der Waals surface area contributed by atoms with Crippen LogP contribution in [0.4, 0.5) is 0 Å². The van der Waals surface area contributed by atoms with E-state index in [9.17, 15) is 14.4 Å². The maximum atomic E-state index is 12.1. The van der Waals surface area contributed by atoms with Crippen molar-refractivity contribution < 1.29 is 28.6 Å². The Hall–Kier alpha value is -5.93. The molecule has 0 aliphatic rings. The Morgan fingerprint density at radius 2 is 1.05 bits per heavy atom. The van der Waals surface area contributed by atoms with Crippen molar-refractivity contribution in [2.75, 3.05) is 0 Å². The third-order valence-electron chi connectivity index (χ3n) is 6.07. The smallest absolute Gasteiger partial charge is 0.338 e. The molecule has 0 saturated carbocycles. The van der Waals surface area contributed by atoms with Crippen LogP contribution in [-0.2, 0) is 14.4 Å². The zero-order valence-corrected chi connectivity index (χ0v) is 23.8. The van der Waals surface area contributed by atoms with Gasteiger partial charge in [-0.15, -0.1) is 0 Å². The van der Waals surface area contributed by atoms with Gasteiger partial charge in [0.2, 0.25) is 0 Å². The Morgan fingerprint density at radius 1 is 0.605 bits per heavy atom. The van der Waals surface area contributed by atoms with Crippen molar-refractivity contribution in [2.24, 2.45) is 0 Å². The molecule has 0 bridgehead atoms. The van der Waals surface area contributed by atoms with E-state index >= 15 is 0 Å². The minimum atomic E-state index is -0.588. The van der Waals surface area contributed by atoms with E-state index in [2.05, 4.69) is 31.6 Å². The van der Waals surface area contributed by atoms with Gasteiger partial charge < -0.3 is 14.2 Å². The second-order valence-electron chi connectivity index (χ2n) is 9.55. The number of ether oxygens (including phenoxy) is 3. The monoisotopic (exact) mass is 568 g/mol. The Morgan fingerprint density at radius 3 is 1.56 bits per heavy atom. The molecular formula is C37H28O6. The molecule has 6 nitrogen and oxygen atoms in total. The van der Waals surface area contributed by atoms with Crippen LogP contribution in [0.5, 0.6) is 17.2 Å². The van der Waals surface area contributed by atoms with E-state index in [0.29, 0.717) is 45.1 Å². The molecule has 0 fully saturated rings. The van der Waals surface area contributed by atoms with Crippen molar-refractivity contribution in [3.63, 3.8) is 0 Å². The fourth-order valence-electron chi connectivity index (χ4n) is 3.77. The summed E-state index contributed by atoms with van der Waals surface area (Å²) in [6.07, 6.45) is 1.10. The van der Waals surface area contributed by atoms with Crippen LogP contribution in [0.1, 0.15) is 25.0 Å². The van der Waals surface area contributed by atoms with Crippen LogP contribution in [0.15, 0.2) is 128 Å². The first kappa shape index (κ1) is 30.0. The lowest BCUT2D eigenvalue weighted by Gasteiger charge is -2.11. The number of carbonyl (C=O) groups excluding carboxylic acids is 3. The molecule has 4 rings (SSSR count). The molecule has 6 heteroatoms. The van der Waals surface area contributed by atoms with Crippen molar-refractivity contribution in [3.8, 4) is 51.3 Å². The predicted molar refractivity (Wildman–Crippen MR) is 166 cm³/mol. The molecule has 0 aliphatic carbocycles. The first-order valence-corrected chi connectivity index (χ1v) is 13.2. The van der Waals surface area contributed by atoms with Gasteiger partial charge in [0.25, 0.3) is 0 Å². The summed E-state index contributed by atoms with van der Waals surface area (Å²) in [5.74, 6) is 5.76. The van der Waals surface area contributed by atoms with Gasteiger partial charge in [0.05, 0.1) is 0 Å². The van der Waals surface area contributed by atoms with Crippen molar-refractivity contribution in [1.82, 2.24) is 0 Å². The van der Waals surface area contributed by atoms with E-state index in [-0.39, 0.29) is 0 Å². The molecule has 0 saturated heterocycles. The van der Waals surface area contributed by atoms with Gasteiger partial charge in [-0.3, -0.25) is 0 Å². The summed E-state index contributed by atoms with van der Waals surface area (Å²) >= 11 is 0. The van der Waals surface area contributed by atoms with Gasteiger partial charge in [-0.2, -0.15) is 0 Å². The Kier molecular flexibility index (Phi) is 9.52. The summed E-state index contributed by atoms with van der Waals surface area (Å²) in [4.78, 5) is 35.6. The van der Waals surface area contributed by atoms with Gasteiger partial charge in [-0.25, -0.2) is 14.4 Å². The lowest BCUT2D eigenvalue weighted by molar-refractivity contribution is -0.130. The van der Waals surface area contributed by atoms with Crippen LogP contribution in [0.2, 0.25) is 0 Å². The third kappa shape index (κ3) is 8.06. The zero-order chi connectivity index (χ0) is 30.9. The van der Waals surface area contributed by atoms with Crippen LogP contribution in [-0.4, -0.2) is 17.9 Å². The fourth-order valence-corrected chi connectivity index (χ4v) is 3.77. The number of rotatable bonds is 8. The minimum Gasteiger partial charge on any atom is -0.423 e. The number of carbonyl (C=O) groups is 3. The molecule has 0 radical (unpaired) electrons. The average Bonchev–Trinajstić information content (AvgIpc) is 3.01. The Balaban J connectivity index is 1.55. The molecule has 0 unspecified atom stereocenters. The van der Waals surface area contributed by atoms with Gasteiger partial charge in [0.15, 0.2) is 0 Å². The Labute approximate surface area is 250 Å². The van der Waals surface area contributed by atoms with Crippen molar-refractivity contribution >= 4 is 17.9 Å². The van der Waals surface area contributed by atoms with Gasteiger partial charge in [0.1, 0.15) is 17.2 Å². The average molecular weight is 569 g/mol. The SMILES string of the molecule is C=CC(=O)Oc1cc(C#Cc2ccc(OC(=O)C(=C)C)cc2)ccc1-c1ccc(-c2ccc(OC(=O)C(=C)C)cc2)cc1. The number of hydrogen-bond donors (Lipinski definition) is 0. The third-order valence-corrected chi connectivity index (χ3v) is 6.07. The molecule has 212 valence electrons.